The molecule has 0 spiro atoms. The van der Waals surface area contributed by atoms with Crippen LogP contribution < -0.4 is 15.0 Å². The van der Waals surface area contributed by atoms with E-state index in [-0.39, 0.29) is 35.4 Å². The zero-order valence-electron chi connectivity index (χ0n) is 21.4. The summed E-state index contributed by atoms with van der Waals surface area (Å²) in [4.78, 5) is 35.9. The third-order valence-electron chi connectivity index (χ3n) is 6.12. The number of pyridine rings is 2. The lowest BCUT2D eigenvalue weighted by atomic mass is 10.0. The average Bonchev–Trinajstić information content (AvgIpc) is 2.82. The molecule has 3 heterocycles. The average molecular weight is 523 g/mol. The number of piperidine rings is 1. The van der Waals surface area contributed by atoms with Crippen LogP contribution in [0.4, 0.5) is 19.0 Å². The van der Waals surface area contributed by atoms with Gasteiger partial charge in [-0.2, -0.15) is 18.2 Å². The van der Waals surface area contributed by atoms with E-state index in [4.69, 9.17) is 4.74 Å². The van der Waals surface area contributed by atoms with Crippen molar-refractivity contribution in [1.29, 1.82) is 0 Å². The maximum Gasteiger partial charge on any atom is 0.422 e. The van der Waals surface area contributed by atoms with Crippen molar-refractivity contribution in [3.63, 3.8) is 0 Å². The Balaban J connectivity index is 1.83. The Morgan fingerprint density at radius 2 is 1.84 bits per heavy atom. The number of nitrogens with one attached hydrogen (secondary N) is 1. The van der Waals surface area contributed by atoms with Crippen LogP contribution in [0.5, 0.6) is 5.88 Å². The topological polar surface area (TPSA) is 105 Å². The van der Waals surface area contributed by atoms with E-state index in [2.05, 4.69) is 15.3 Å². The van der Waals surface area contributed by atoms with Gasteiger partial charge in [0.05, 0.1) is 17.7 Å². The standard InChI is InChI=1S/C26H33F3N4O4/c1-15(2)22(35)13-19-12-18(11-16(3)30-19)17(4)31-25(36)21-5-6-23(37-14-26(27,28)29)32-24(21)33-9-7-20(34)8-10-33/h5-6,11-12,15,17,20,34H,7-10,13-14H2,1-4H3,(H,31,36). The second kappa shape index (κ2) is 11.9. The quantitative estimate of drug-likeness (QED) is 0.514. The van der Waals surface area contributed by atoms with Gasteiger partial charge in [0, 0.05) is 42.9 Å². The summed E-state index contributed by atoms with van der Waals surface area (Å²) >= 11 is 0. The highest BCUT2D eigenvalue weighted by molar-refractivity contribution is 5.99. The summed E-state index contributed by atoms with van der Waals surface area (Å²) in [5, 5.41) is 12.8. The largest absolute Gasteiger partial charge is 0.468 e. The van der Waals surface area contributed by atoms with Crippen LogP contribution in [0.15, 0.2) is 24.3 Å². The first-order valence-corrected chi connectivity index (χ1v) is 12.3. The molecule has 202 valence electrons. The fourth-order valence-electron chi connectivity index (χ4n) is 4.01. The van der Waals surface area contributed by atoms with Gasteiger partial charge in [-0.25, -0.2) is 0 Å². The lowest BCUT2D eigenvalue weighted by molar-refractivity contribution is -0.154. The maximum absolute atomic E-state index is 13.3. The summed E-state index contributed by atoms with van der Waals surface area (Å²) in [5.74, 6) is -0.556. The molecule has 2 aromatic rings. The Kier molecular flexibility index (Phi) is 9.12. The van der Waals surface area contributed by atoms with Crippen molar-refractivity contribution in [2.75, 3.05) is 24.6 Å². The van der Waals surface area contributed by atoms with Crippen molar-refractivity contribution in [2.45, 2.75) is 65.3 Å². The van der Waals surface area contributed by atoms with Gasteiger partial charge >= 0.3 is 6.18 Å². The Morgan fingerprint density at radius 3 is 2.46 bits per heavy atom. The van der Waals surface area contributed by atoms with Gasteiger partial charge in [-0.3, -0.25) is 14.6 Å². The summed E-state index contributed by atoms with van der Waals surface area (Å²) in [6, 6.07) is 5.80. The highest BCUT2D eigenvalue weighted by Gasteiger charge is 2.30. The number of ether oxygens (including phenoxy) is 1. The van der Waals surface area contributed by atoms with E-state index in [1.165, 1.54) is 12.1 Å². The van der Waals surface area contributed by atoms with Crippen molar-refractivity contribution in [1.82, 2.24) is 15.3 Å². The van der Waals surface area contributed by atoms with E-state index in [0.29, 0.717) is 37.3 Å². The molecule has 1 unspecified atom stereocenters. The lowest BCUT2D eigenvalue weighted by Gasteiger charge is -2.32. The third kappa shape index (κ3) is 8.14. The molecule has 0 bridgehead atoms. The number of amides is 1. The monoisotopic (exact) mass is 522 g/mol. The van der Waals surface area contributed by atoms with E-state index in [0.717, 1.165) is 5.56 Å². The van der Waals surface area contributed by atoms with Crippen molar-refractivity contribution < 1.29 is 32.6 Å². The van der Waals surface area contributed by atoms with E-state index < -0.39 is 30.8 Å². The summed E-state index contributed by atoms with van der Waals surface area (Å²) in [6.07, 6.45) is -3.92. The number of ketones is 1. The predicted molar refractivity (Wildman–Crippen MR) is 132 cm³/mol. The zero-order chi connectivity index (χ0) is 27.3. The summed E-state index contributed by atoms with van der Waals surface area (Å²) in [7, 11) is 0. The van der Waals surface area contributed by atoms with E-state index >= 15 is 0 Å². The number of hydrogen-bond acceptors (Lipinski definition) is 7. The number of alkyl halides is 3. The number of halogens is 3. The molecule has 1 aliphatic heterocycles. The molecule has 0 aliphatic carbocycles. The fourth-order valence-corrected chi connectivity index (χ4v) is 4.01. The van der Waals surface area contributed by atoms with Gasteiger partial charge in [-0.05, 0) is 50.5 Å². The van der Waals surface area contributed by atoms with Crippen LogP contribution in [-0.4, -0.2) is 58.7 Å². The summed E-state index contributed by atoms with van der Waals surface area (Å²) in [5.41, 5.74) is 2.29. The highest BCUT2D eigenvalue weighted by Crippen LogP contribution is 2.27. The third-order valence-corrected chi connectivity index (χ3v) is 6.12. The van der Waals surface area contributed by atoms with Crippen LogP contribution in [0.2, 0.25) is 0 Å². The molecule has 1 amide bonds. The number of carbonyl (C=O) groups excluding carboxylic acids is 2. The number of Topliss-reactive ketones (excluding diaryl/α,β-unsaturated/α-hetero) is 1. The van der Waals surface area contributed by atoms with Crippen LogP contribution >= 0.6 is 0 Å². The number of carbonyl (C=O) groups is 2. The van der Waals surface area contributed by atoms with Crippen LogP contribution in [0.3, 0.4) is 0 Å². The van der Waals surface area contributed by atoms with Crippen molar-refractivity contribution in [2.24, 2.45) is 5.92 Å². The van der Waals surface area contributed by atoms with Gasteiger partial charge < -0.3 is 20.1 Å². The Bertz CT molecular complexity index is 1120. The minimum Gasteiger partial charge on any atom is -0.468 e. The van der Waals surface area contributed by atoms with Crippen LogP contribution in [-0.2, 0) is 11.2 Å². The second-order valence-corrected chi connectivity index (χ2v) is 9.67. The molecule has 0 saturated carbocycles. The molecule has 11 heteroatoms. The number of aryl methyl sites for hydroxylation is 1. The van der Waals surface area contributed by atoms with Gasteiger partial charge in [0.25, 0.3) is 5.91 Å². The molecule has 1 saturated heterocycles. The first kappa shape index (κ1) is 28.4. The summed E-state index contributed by atoms with van der Waals surface area (Å²) in [6.45, 7) is 6.56. The van der Waals surface area contributed by atoms with Gasteiger partial charge in [0.15, 0.2) is 6.61 Å². The Hall–Kier alpha value is -3.21. The molecular formula is C26H33F3N4O4. The van der Waals surface area contributed by atoms with E-state index in [1.807, 2.05) is 26.8 Å². The molecule has 2 N–H and O–H groups in total. The number of aliphatic hydroxyl groups excluding tert-OH is 1. The van der Waals surface area contributed by atoms with E-state index in [9.17, 15) is 27.9 Å². The van der Waals surface area contributed by atoms with Crippen LogP contribution in [0.25, 0.3) is 0 Å². The molecule has 0 aromatic carbocycles. The minimum absolute atomic E-state index is 0.0657. The number of hydrogen-bond donors (Lipinski definition) is 2. The molecular weight excluding hydrogens is 489 g/mol. The zero-order valence-corrected chi connectivity index (χ0v) is 21.4. The predicted octanol–water partition coefficient (Wildman–Crippen LogP) is 3.95. The van der Waals surface area contributed by atoms with Crippen molar-refractivity contribution in [3.8, 4) is 5.88 Å². The number of nitrogens with zero attached hydrogens (tertiary/aromatic N) is 3. The minimum atomic E-state index is -4.52. The highest BCUT2D eigenvalue weighted by atomic mass is 19.4. The van der Waals surface area contributed by atoms with Crippen molar-refractivity contribution in [3.05, 3.63) is 46.8 Å². The maximum atomic E-state index is 13.3. The van der Waals surface area contributed by atoms with Crippen LogP contribution in [0.1, 0.15) is 67.0 Å². The number of anilines is 1. The molecule has 1 atom stereocenters. The second-order valence-electron chi connectivity index (χ2n) is 9.67. The lowest BCUT2D eigenvalue weighted by Crippen LogP contribution is -2.38. The van der Waals surface area contributed by atoms with Gasteiger partial charge in [0.1, 0.15) is 11.6 Å². The fraction of sp³-hybridized carbons (Fsp3) is 0.538. The molecule has 2 aromatic heterocycles. The normalized spacial score (nSPS) is 15.5. The molecule has 37 heavy (non-hydrogen) atoms. The first-order valence-electron chi connectivity index (χ1n) is 12.3. The van der Waals surface area contributed by atoms with E-state index in [1.54, 1.807) is 17.9 Å². The molecule has 3 rings (SSSR count). The molecule has 0 radical (unpaired) electrons. The molecule has 8 nitrogen and oxygen atoms in total. The summed E-state index contributed by atoms with van der Waals surface area (Å²) < 4.78 is 42.7. The number of aliphatic hydroxyl groups is 1. The van der Waals surface area contributed by atoms with Gasteiger partial charge in [-0.15, -0.1) is 0 Å². The van der Waals surface area contributed by atoms with Crippen molar-refractivity contribution >= 4 is 17.5 Å². The Morgan fingerprint density at radius 1 is 1.16 bits per heavy atom. The molecule has 1 aliphatic rings. The Labute approximate surface area is 214 Å². The number of aromatic nitrogens is 2. The molecule has 1 fully saturated rings. The van der Waals surface area contributed by atoms with Crippen LogP contribution in [0, 0.1) is 12.8 Å². The SMILES string of the molecule is Cc1cc(C(C)NC(=O)c2ccc(OCC(F)(F)F)nc2N2CCC(O)CC2)cc(CC(=O)C(C)C)n1. The van der Waals surface area contributed by atoms with Gasteiger partial charge in [-0.1, -0.05) is 13.8 Å². The number of rotatable bonds is 9. The smallest absolute Gasteiger partial charge is 0.422 e. The van der Waals surface area contributed by atoms with Gasteiger partial charge in [0.2, 0.25) is 5.88 Å². The first-order chi connectivity index (χ1) is 17.3.